The Morgan fingerprint density at radius 2 is 2.08 bits per heavy atom. The maximum Gasteiger partial charge on any atom is 0.211 e. The molecule has 26 heavy (non-hydrogen) atoms. The summed E-state index contributed by atoms with van der Waals surface area (Å²) in [6.45, 7) is 2.15. The van der Waals surface area contributed by atoms with Crippen molar-refractivity contribution in [1.29, 1.82) is 0 Å². The lowest BCUT2D eigenvalue weighted by Gasteiger charge is -2.38. The minimum atomic E-state index is -3.37. The number of sulfonamides is 1. The lowest BCUT2D eigenvalue weighted by atomic mass is 10.0. The molecule has 1 saturated heterocycles. The van der Waals surface area contributed by atoms with Crippen molar-refractivity contribution in [2.75, 3.05) is 19.3 Å². The first-order chi connectivity index (χ1) is 12.4. The van der Waals surface area contributed by atoms with E-state index < -0.39 is 10.0 Å². The van der Waals surface area contributed by atoms with E-state index in [0.29, 0.717) is 25.2 Å². The van der Waals surface area contributed by atoms with Crippen LogP contribution in [-0.2, 0) is 23.1 Å². The number of rotatable bonds is 6. The van der Waals surface area contributed by atoms with Crippen molar-refractivity contribution in [2.24, 2.45) is 0 Å². The van der Waals surface area contributed by atoms with Gasteiger partial charge >= 0.3 is 0 Å². The Kier molecular flexibility index (Phi) is 5.95. The molecule has 1 atom stereocenters. The molecule has 0 radical (unpaired) electrons. The van der Waals surface area contributed by atoms with Crippen LogP contribution in [0, 0.1) is 5.82 Å². The molecular formula is C18H23FN4O2S. The number of halogens is 1. The van der Waals surface area contributed by atoms with Gasteiger partial charge in [-0.1, -0.05) is 6.07 Å². The molecule has 1 aliphatic rings. The van der Waals surface area contributed by atoms with Crippen LogP contribution in [0.1, 0.15) is 24.0 Å². The number of nitrogens with zero attached hydrogens (tertiary/aromatic N) is 4. The number of aromatic nitrogens is 2. The van der Waals surface area contributed by atoms with Gasteiger partial charge in [0, 0.05) is 49.8 Å². The predicted molar refractivity (Wildman–Crippen MR) is 97.1 cm³/mol. The van der Waals surface area contributed by atoms with E-state index in [4.69, 9.17) is 0 Å². The van der Waals surface area contributed by atoms with Gasteiger partial charge in [0.1, 0.15) is 5.82 Å². The lowest BCUT2D eigenvalue weighted by Crippen LogP contribution is -2.49. The van der Waals surface area contributed by atoms with E-state index in [0.717, 1.165) is 24.9 Å². The van der Waals surface area contributed by atoms with Gasteiger partial charge in [-0.25, -0.2) is 12.8 Å². The molecule has 0 amide bonds. The highest BCUT2D eigenvalue weighted by atomic mass is 32.2. The summed E-state index contributed by atoms with van der Waals surface area (Å²) in [5, 5.41) is 0. The summed E-state index contributed by atoms with van der Waals surface area (Å²) in [7, 11) is -3.37. The molecule has 8 heteroatoms. The monoisotopic (exact) mass is 378 g/mol. The quantitative estimate of drug-likeness (QED) is 0.770. The summed E-state index contributed by atoms with van der Waals surface area (Å²) < 4.78 is 40.2. The van der Waals surface area contributed by atoms with Gasteiger partial charge in [-0.05, 0) is 37.1 Å². The first kappa shape index (κ1) is 18.9. The summed E-state index contributed by atoms with van der Waals surface area (Å²) in [6.07, 6.45) is 9.04. The molecule has 0 saturated carbocycles. The number of likely N-dealkylation sites (tertiary alicyclic amines) is 1. The van der Waals surface area contributed by atoms with Crippen LogP contribution in [0.15, 0.2) is 43.0 Å². The molecule has 0 N–H and O–H groups in total. The number of hydrogen-bond donors (Lipinski definition) is 0. The van der Waals surface area contributed by atoms with Crippen molar-refractivity contribution in [3.05, 3.63) is 59.9 Å². The summed E-state index contributed by atoms with van der Waals surface area (Å²) in [5.74, 6) is -0.329. The Morgan fingerprint density at radius 3 is 2.77 bits per heavy atom. The van der Waals surface area contributed by atoms with Crippen LogP contribution in [-0.4, -0.2) is 53.0 Å². The zero-order valence-electron chi connectivity index (χ0n) is 14.8. The zero-order valence-corrected chi connectivity index (χ0v) is 15.6. The van der Waals surface area contributed by atoms with Crippen LogP contribution in [0.25, 0.3) is 0 Å². The van der Waals surface area contributed by atoms with Gasteiger partial charge in [-0.3, -0.25) is 14.9 Å². The van der Waals surface area contributed by atoms with Crippen molar-refractivity contribution in [3.63, 3.8) is 0 Å². The molecule has 3 rings (SSSR count). The van der Waals surface area contributed by atoms with Crippen LogP contribution in [0.4, 0.5) is 4.39 Å². The van der Waals surface area contributed by atoms with E-state index in [1.807, 2.05) is 6.07 Å². The van der Waals surface area contributed by atoms with Crippen molar-refractivity contribution < 1.29 is 12.8 Å². The molecule has 1 aliphatic heterocycles. The normalized spacial score (nSPS) is 19.0. The Labute approximate surface area is 153 Å². The Balaban J connectivity index is 1.74. The molecule has 0 bridgehead atoms. The third-order valence-corrected chi connectivity index (χ3v) is 5.90. The smallest absolute Gasteiger partial charge is 0.211 e. The maximum atomic E-state index is 13.9. The molecule has 2 aromatic heterocycles. The molecule has 0 aromatic carbocycles. The first-order valence-corrected chi connectivity index (χ1v) is 10.4. The Morgan fingerprint density at radius 1 is 1.27 bits per heavy atom. The first-order valence-electron chi connectivity index (χ1n) is 8.60. The van der Waals surface area contributed by atoms with Crippen LogP contribution in [0.5, 0.6) is 0 Å². The average Bonchev–Trinajstić information content (AvgIpc) is 2.62. The maximum absolute atomic E-state index is 13.9. The molecule has 6 nitrogen and oxygen atoms in total. The third-order valence-electron chi connectivity index (χ3n) is 4.63. The van der Waals surface area contributed by atoms with E-state index >= 15 is 0 Å². The molecule has 140 valence electrons. The van der Waals surface area contributed by atoms with Gasteiger partial charge in [0.15, 0.2) is 0 Å². The van der Waals surface area contributed by atoms with Crippen molar-refractivity contribution in [2.45, 2.75) is 32.0 Å². The van der Waals surface area contributed by atoms with E-state index in [1.54, 1.807) is 35.0 Å². The zero-order chi connectivity index (χ0) is 18.6. The van der Waals surface area contributed by atoms with Crippen molar-refractivity contribution in [3.8, 4) is 0 Å². The summed E-state index contributed by atoms with van der Waals surface area (Å²) in [4.78, 5) is 9.94. The van der Waals surface area contributed by atoms with Gasteiger partial charge in [0.25, 0.3) is 0 Å². The average molecular weight is 378 g/mol. The van der Waals surface area contributed by atoms with E-state index in [9.17, 15) is 12.8 Å². The van der Waals surface area contributed by atoms with Gasteiger partial charge in [0.05, 0.1) is 12.5 Å². The Hall–Kier alpha value is -1.90. The number of hydrogen-bond acceptors (Lipinski definition) is 5. The third kappa shape index (κ3) is 4.84. The van der Waals surface area contributed by atoms with Crippen LogP contribution in [0.3, 0.4) is 0 Å². The van der Waals surface area contributed by atoms with Gasteiger partial charge in [0.2, 0.25) is 10.0 Å². The number of piperidine rings is 1. The second-order valence-corrected chi connectivity index (χ2v) is 8.60. The fraction of sp³-hybridized carbons (Fsp3) is 0.444. The number of pyridine rings is 2. The highest BCUT2D eigenvalue weighted by molar-refractivity contribution is 7.88. The summed E-state index contributed by atoms with van der Waals surface area (Å²) in [6, 6.07) is 5.21. The minimum absolute atomic E-state index is 0.135. The fourth-order valence-electron chi connectivity index (χ4n) is 3.37. The molecule has 0 unspecified atom stereocenters. The standard InChI is InChI=1S/C18H23FN4O2S/c1-26(24,25)23(12-15-4-2-7-20-10-15)17-5-3-9-22(14-17)13-16-6-8-21-11-18(16)19/h2,4,6-8,10-11,17H,3,5,9,12-14H2,1H3/t17-/m0/s1. The fourth-order valence-corrected chi connectivity index (χ4v) is 4.47. The summed E-state index contributed by atoms with van der Waals surface area (Å²) >= 11 is 0. The Bertz CT molecular complexity index is 832. The molecule has 2 aromatic rings. The van der Waals surface area contributed by atoms with Crippen molar-refractivity contribution >= 4 is 10.0 Å². The van der Waals surface area contributed by atoms with Crippen LogP contribution < -0.4 is 0 Å². The van der Waals surface area contributed by atoms with E-state index in [1.165, 1.54) is 12.5 Å². The minimum Gasteiger partial charge on any atom is -0.297 e. The molecule has 1 fully saturated rings. The largest absolute Gasteiger partial charge is 0.297 e. The molecular weight excluding hydrogens is 355 g/mol. The van der Waals surface area contributed by atoms with Crippen molar-refractivity contribution in [1.82, 2.24) is 19.2 Å². The molecule has 3 heterocycles. The lowest BCUT2D eigenvalue weighted by molar-refractivity contribution is 0.138. The van der Waals surface area contributed by atoms with Crippen LogP contribution >= 0.6 is 0 Å². The van der Waals surface area contributed by atoms with Crippen LogP contribution in [0.2, 0.25) is 0 Å². The topological polar surface area (TPSA) is 66.4 Å². The van der Waals surface area contributed by atoms with E-state index in [2.05, 4.69) is 14.9 Å². The molecule has 0 aliphatic carbocycles. The second kappa shape index (κ2) is 8.20. The molecule has 0 spiro atoms. The van der Waals surface area contributed by atoms with E-state index in [-0.39, 0.29) is 11.9 Å². The van der Waals surface area contributed by atoms with Gasteiger partial charge in [-0.2, -0.15) is 4.31 Å². The van der Waals surface area contributed by atoms with Gasteiger partial charge < -0.3 is 0 Å². The second-order valence-electron chi connectivity index (χ2n) is 6.67. The predicted octanol–water partition coefficient (Wildman–Crippen LogP) is 2.04. The highest BCUT2D eigenvalue weighted by Crippen LogP contribution is 2.22. The van der Waals surface area contributed by atoms with Gasteiger partial charge in [-0.15, -0.1) is 0 Å². The highest BCUT2D eigenvalue weighted by Gasteiger charge is 2.31. The SMILES string of the molecule is CS(=O)(=O)N(Cc1cccnc1)[C@H]1CCCN(Cc2ccncc2F)C1. The summed E-state index contributed by atoms with van der Waals surface area (Å²) in [5.41, 5.74) is 1.44.